The van der Waals surface area contributed by atoms with Crippen LogP contribution in [0.25, 0.3) is 11.4 Å². The van der Waals surface area contributed by atoms with Crippen molar-refractivity contribution in [3.8, 4) is 11.4 Å². The van der Waals surface area contributed by atoms with Crippen molar-refractivity contribution in [1.29, 1.82) is 0 Å². The Labute approximate surface area is 219 Å². The van der Waals surface area contributed by atoms with Crippen LogP contribution in [-0.2, 0) is 30.8 Å². The molecule has 1 aliphatic heterocycles. The van der Waals surface area contributed by atoms with Gasteiger partial charge < -0.3 is 5.32 Å². The lowest BCUT2D eigenvalue weighted by Crippen LogP contribution is -2.40. The Kier molecular flexibility index (Phi) is 7.95. The number of hydrogen-bond donors (Lipinski definition) is 1. The first-order valence-corrected chi connectivity index (χ1v) is 13.5. The third kappa shape index (κ3) is 6.25. The minimum Gasteiger partial charge on any atom is -0.354 e. The highest BCUT2D eigenvalue weighted by molar-refractivity contribution is 5.76. The molecule has 0 fully saturated rings. The molecule has 0 radical (unpaired) electrons. The fourth-order valence-corrected chi connectivity index (χ4v) is 5.32. The number of fused-ring (bicyclic) bond motifs is 1. The molecule has 1 aliphatic carbocycles. The number of aromatic nitrogens is 2. The third-order valence-electron chi connectivity index (χ3n) is 7.41. The van der Waals surface area contributed by atoms with E-state index in [9.17, 15) is 9.59 Å². The SMILES string of the molecule is Cc1ccc(-c2nc3c(c(=O)n2CC(=O)NCCC2=CCCCC2)CCN(Cc2ccccc2)C3)cc1. The Balaban J connectivity index is 1.38. The van der Waals surface area contributed by atoms with Crippen LogP contribution in [-0.4, -0.2) is 33.4 Å². The smallest absolute Gasteiger partial charge is 0.257 e. The van der Waals surface area contributed by atoms with Crippen LogP contribution < -0.4 is 10.9 Å². The maximum absolute atomic E-state index is 13.7. The molecule has 1 aromatic heterocycles. The van der Waals surface area contributed by atoms with Crippen molar-refractivity contribution in [2.45, 2.75) is 65.1 Å². The predicted molar refractivity (Wildman–Crippen MR) is 147 cm³/mol. The first-order valence-electron chi connectivity index (χ1n) is 13.5. The van der Waals surface area contributed by atoms with E-state index in [2.05, 4.69) is 40.6 Å². The summed E-state index contributed by atoms with van der Waals surface area (Å²) in [6.07, 6.45) is 8.59. The van der Waals surface area contributed by atoms with Gasteiger partial charge in [0.2, 0.25) is 5.91 Å². The second kappa shape index (κ2) is 11.7. The molecule has 2 aromatic carbocycles. The largest absolute Gasteiger partial charge is 0.354 e. The van der Waals surface area contributed by atoms with Crippen molar-refractivity contribution >= 4 is 5.91 Å². The minimum atomic E-state index is -0.143. The normalized spacial score (nSPS) is 15.6. The Morgan fingerprint density at radius 3 is 2.59 bits per heavy atom. The van der Waals surface area contributed by atoms with Gasteiger partial charge in [-0.2, -0.15) is 0 Å². The number of aryl methyl sites for hydroxylation is 1. The first kappa shape index (κ1) is 25.2. The number of rotatable bonds is 8. The lowest BCUT2D eigenvalue weighted by molar-refractivity contribution is -0.121. The zero-order valence-electron chi connectivity index (χ0n) is 21.7. The molecule has 1 N–H and O–H groups in total. The number of nitrogens with zero attached hydrogens (tertiary/aromatic N) is 3. The van der Waals surface area contributed by atoms with E-state index in [0.29, 0.717) is 25.3 Å². The maximum Gasteiger partial charge on any atom is 0.257 e. The summed E-state index contributed by atoms with van der Waals surface area (Å²) in [5.41, 5.74) is 6.14. The van der Waals surface area contributed by atoms with Crippen molar-refractivity contribution in [2.75, 3.05) is 13.1 Å². The summed E-state index contributed by atoms with van der Waals surface area (Å²) in [7, 11) is 0. The molecular weight excluding hydrogens is 460 g/mol. The lowest BCUT2D eigenvalue weighted by Gasteiger charge is -2.29. The van der Waals surface area contributed by atoms with Crippen LogP contribution in [0.5, 0.6) is 0 Å². The average Bonchev–Trinajstić information content (AvgIpc) is 2.92. The Morgan fingerprint density at radius 1 is 1.03 bits per heavy atom. The summed E-state index contributed by atoms with van der Waals surface area (Å²) in [5, 5.41) is 3.03. The van der Waals surface area contributed by atoms with Crippen LogP contribution in [0.1, 0.15) is 54.5 Å². The van der Waals surface area contributed by atoms with E-state index < -0.39 is 0 Å². The Hall–Kier alpha value is -3.51. The van der Waals surface area contributed by atoms with Crippen LogP contribution in [0, 0.1) is 6.92 Å². The van der Waals surface area contributed by atoms with Crippen LogP contribution in [0.2, 0.25) is 0 Å². The summed E-state index contributed by atoms with van der Waals surface area (Å²) in [6, 6.07) is 18.4. The quantitative estimate of drug-likeness (QED) is 0.456. The molecule has 0 atom stereocenters. The summed E-state index contributed by atoms with van der Waals surface area (Å²) in [6.45, 7) is 4.86. The third-order valence-corrected chi connectivity index (χ3v) is 7.41. The Morgan fingerprint density at radius 2 is 1.84 bits per heavy atom. The molecule has 2 heterocycles. The molecular formula is C31H36N4O2. The Bertz CT molecular complexity index is 1330. The van der Waals surface area contributed by atoms with Gasteiger partial charge in [0.1, 0.15) is 12.4 Å². The number of allylic oxidation sites excluding steroid dienone is 1. The van der Waals surface area contributed by atoms with Gasteiger partial charge in [-0.15, -0.1) is 0 Å². The second-order valence-electron chi connectivity index (χ2n) is 10.3. The molecule has 0 unspecified atom stereocenters. The van der Waals surface area contributed by atoms with Gasteiger partial charge in [0.15, 0.2) is 0 Å². The fraction of sp³-hybridized carbons (Fsp3) is 0.387. The van der Waals surface area contributed by atoms with E-state index >= 15 is 0 Å². The van der Waals surface area contributed by atoms with E-state index in [1.807, 2.05) is 37.3 Å². The lowest BCUT2D eigenvalue weighted by atomic mass is 9.97. The molecule has 1 amide bonds. The highest BCUT2D eigenvalue weighted by Gasteiger charge is 2.25. The van der Waals surface area contributed by atoms with Gasteiger partial charge in [-0.25, -0.2) is 4.98 Å². The molecule has 0 saturated heterocycles. The average molecular weight is 497 g/mol. The number of carbonyl (C=O) groups is 1. The number of carbonyl (C=O) groups excluding carboxylic acids is 1. The second-order valence-corrected chi connectivity index (χ2v) is 10.3. The van der Waals surface area contributed by atoms with Gasteiger partial charge in [-0.1, -0.05) is 71.8 Å². The molecule has 3 aromatic rings. The molecule has 0 spiro atoms. The summed E-state index contributed by atoms with van der Waals surface area (Å²) in [4.78, 5) is 34.0. The highest BCUT2D eigenvalue weighted by atomic mass is 16.2. The number of hydrogen-bond acceptors (Lipinski definition) is 4. The van der Waals surface area contributed by atoms with E-state index in [0.717, 1.165) is 54.7 Å². The molecule has 6 nitrogen and oxygen atoms in total. The zero-order valence-corrected chi connectivity index (χ0v) is 21.7. The minimum absolute atomic E-state index is 0.0187. The van der Waals surface area contributed by atoms with Crippen LogP contribution in [0.4, 0.5) is 0 Å². The van der Waals surface area contributed by atoms with Crippen molar-refractivity contribution in [2.24, 2.45) is 0 Å². The van der Waals surface area contributed by atoms with Gasteiger partial charge in [0, 0.05) is 37.3 Å². The van der Waals surface area contributed by atoms with Crippen molar-refractivity contribution < 1.29 is 4.79 Å². The fourth-order valence-electron chi connectivity index (χ4n) is 5.32. The molecule has 5 rings (SSSR count). The molecule has 192 valence electrons. The number of nitrogens with one attached hydrogen (secondary N) is 1. The van der Waals surface area contributed by atoms with E-state index in [-0.39, 0.29) is 18.0 Å². The molecule has 2 aliphatic rings. The van der Waals surface area contributed by atoms with Crippen LogP contribution in [0.3, 0.4) is 0 Å². The number of benzene rings is 2. The van der Waals surface area contributed by atoms with Crippen molar-refractivity contribution in [3.05, 3.63) is 99.0 Å². The highest BCUT2D eigenvalue weighted by Crippen LogP contribution is 2.23. The van der Waals surface area contributed by atoms with Gasteiger partial charge in [-0.05, 0) is 51.0 Å². The van der Waals surface area contributed by atoms with Crippen LogP contribution >= 0.6 is 0 Å². The maximum atomic E-state index is 13.7. The molecule has 6 heteroatoms. The first-order chi connectivity index (χ1) is 18.1. The van der Waals surface area contributed by atoms with Crippen molar-refractivity contribution in [3.63, 3.8) is 0 Å². The van der Waals surface area contributed by atoms with E-state index in [1.165, 1.54) is 24.0 Å². The summed E-state index contributed by atoms with van der Waals surface area (Å²) in [5.74, 6) is 0.422. The molecule has 37 heavy (non-hydrogen) atoms. The zero-order chi connectivity index (χ0) is 25.6. The molecule has 0 saturated carbocycles. The van der Waals surface area contributed by atoms with Gasteiger partial charge in [-0.3, -0.25) is 19.1 Å². The molecule has 0 bridgehead atoms. The summed E-state index contributed by atoms with van der Waals surface area (Å²) >= 11 is 0. The van der Waals surface area contributed by atoms with Gasteiger partial charge in [0.25, 0.3) is 5.56 Å². The van der Waals surface area contributed by atoms with Crippen LogP contribution in [0.15, 0.2) is 71.0 Å². The van der Waals surface area contributed by atoms with Gasteiger partial charge in [0.05, 0.1) is 5.69 Å². The topological polar surface area (TPSA) is 67.2 Å². The standard InChI is InChI=1S/C31H36N4O2/c1-23-12-14-26(15-13-23)30-33-28-21-34(20-25-10-6-3-7-11-25)19-17-27(28)31(37)35(30)22-29(36)32-18-16-24-8-4-2-5-9-24/h3,6-8,10-15H,2,4-5,9,16-22H2,1H3,(H,32,36). The van der Waals surface area contributed by atoms with E-state index in [4.69, 9.17) is 4.98 Å². The van der Waals surface area contributed by atoms with E-state index in [1.54, 1.807) is 4.57 Å². The predicted octanol–water partition coefficient (Wildman–Crippen LogP) is 4.78. The van der Waals surface area contributed by atoms with Crippen molar-refractivity contribution in [1.82, 2.24) is 19.8 Å². The number of amides is 1. The van der Waals surface area contributed by atoms with Gasteiger partial charge >= 0.3 is 0 Å². The monoisotopic (exact) mass is 496 g/mol. The summed E-state index contributed by atoms with van der Waals surface area (Å²) < 4.78 is 1.57.